The Morgan fingerprint density at radius 3 is 2.73 bits per heavy atom. The molecule has 0 saturated carbocycles. The van der Waals surface area contributed by atoms with E-state index in [1.54, 1.807) is 11.6 Å². The summed E-state index contributed by atoms with van der Waals surface area (Å²) in [7, 11) is 1.75. The summed E-state index contributed by atoms with van der Waals surface area (Å²) in [5.41, 5.74) is 4.63. The van der Waals surface area contributed by atoms with E-state index in [9.17, 15) is 9.59 Å². The van der Waals surface area contributed by atoms with Gasteiger partial charge >= 0.3 is 0 Å². The Labute approximate surface area is 194 Å². The van der Waals surface area contributed by atoms with Crippen molar-refractivity contribution in [3.63, 3.8) is 0 Å². The van der Waals surface area contributed by atoms with Gasteiger partial charge in [-0.15, -0.1) is 6.42 Å². The van der Waals surface area contributed by atoms with Crippen LogP contribution in [-0.4, -0.2) is 28.0 Å². The molecule has 0 saturated heterocycles. The summed E-state index contributed by atoms with van der Waals surface area (Å²) in [6.07, 6.45) is 8.43. The van der Waals surface area contributed by atoms with E-state index in [1.807, 2.05) is 51.1 Å². The van der Waals surface area contributed by atoms with Gasteiger partial charge in [-0.3, -0.25) is 14.2 Å². The molecule has 1 heterocycles. The molecule has 2 atom stereocenters. The molecule has 1 amide bonds. The van der Waals surface area contributed by atoms with Crippen LogP contribution in [0.3, 0.4) is 0 Å². The highest BCUT2D eigenvalue weighted by Gasteiger charge is 2.29. The number of hydrogen-bond acceptors (Lipinski definition) is 4. The largest absolute Gasteiger partial charge is 0.353 e. The van der Waals surface area contributed by atoms with Crippen LogP contribution >= 0.6 is 0 Å². The molecule has 3 aromatic rings. The lowest BCUT2D eigenvalue weighted by Crippen LogP contribution is -2.32. The summed E-state index contributed by atoms with van der Waals surface area (Å²) < 4.78 is 1.58. The molecule has 33 heavy (non-hydrogen) atoms. The van der Waals surface area contributed by atoms with Crippen LogP contribution in [0.1, 0.15) is 60.0 Å². The number of nitrogens with one attached hydrogen (secondary N) is 1. The minimum Gasteiger partial charge on any atom is -0.353 e. The number of hydrogen-bond donors (Lipinski definition) is 1. The summed E-state index contributed by atoms with van der Waals surface area (Å²) in [6, 6.07) is 11.8. The van der Waals surface area contributed by atoms with Crippen LogP contribution in [0.4, 0.5) is 5.69 Å². The fourth-order valence-corrected chi connectivity index (χ4v) is 4.48. The van der Waals surface area contributed by atoms with Gasteiger partial charge in [0.25, 0.3) is 11.5 Å². The van der Waals surface area contributed by atoms with Crippen LogP contribution in [0.25, 0.3) is 10.9 Å². The summed E-state index contributed by atoms with van der Waals surface area (Å²) in [4.78, 5) is 32.1. The van der Waals surface area contributed by atoms with Crippen molar-refractivity contribution in [1.29, 1.82) is 0 Å². The van der Waals surface area contributed by atoms with Crippen molar-refractivity contribution >= 4 is 22.5 Å². The van der Waals surface area contributed by atoms with E-state index >= 15 is 0 Å². The molecule has 0 radical (unpaired) electrons. The van der Waals surface area contributed by atoms with Crippen molar-refractivity contribution < 1.29 is 4.79 Å². The van der Waals surface area contributed by atoms with Crippen molar-refractivity contribution in [2.45, 2.75) is 52.1 Å². The average molecular weight is 443 g/mol. The Bertz CT molecular complexity index is 1300. The molecule has 2 aromatic carbocycles. The molecule has 6 heteroatoms. The van der Waals surface area contributed by atoms with Crippen molar-refractivity contribution in [3.8, 4) is 12.3 Å². The molecule has 1 aliphatic carbocycles. The van der Waals surface area contributed by atoms with E-state index in [-0.39, 0.29) is 23.6 Å². The van der Waals surface area contributed by atoms with Gasteiger partial charge < -0.3 is 10.2 Å². The topological polar surface area (TPSA) is 67.2 Å². The van der Waals surface area contributed by atoms with Gasteiger partial charge in [0, 0.05) is 24.3 Å². The Morgan fingerprint density at radius 2 is 2.06 bits per heavy atom. The molecule has 6 nitrogen and oxygen atoms in total. The second kappa shape index (κ2) is 9.11. The smallest absolute Gasteiger partial charge is 0.261 e. The van der Waals surface area contributed by atoms with Crippen molar-refractivity contribution in [2.75, 3.05) is 11.4 Å². The fraction of sp³-hybridized carbons (Fsp3) is 0.370. The van der Waals surface area contributed by atoms with Crippen LogP contribution in [0.5, 0.6) is 0 Å². The third-order valence-electron chi connectivity index (χ3n) is 6.70. The number of amides is 1. The second-order valence-corrected chi connectivity index (χ2v) is 8.81. The van der Waals surface area contributed by atoms with Gasteiger partial charge in [-0.2, -0.15) is 0 Å². The van der Waals surface area contributed by atoms with Crippen LogP contribution in [0.2, 0.25) is 0 Å². The molecule has 1 aliphatic rings. The molecule has 0 bridgehead atoms. The first-order valence-electron chi connectivity index (χ1n) is 11.4. The predicted octanol–water partition coefficient (Wildman–Crippen LogP) is 3.90. The number of anilines is 1. The number of nitrogens with zero attached hydrogens (tertiary/aromatic N) is 3. The number of carbonyl (C=O) groups excluding carboxylic acids is 1. The number of carbonyl (C=O) groups is 1. The van der Waals surface area contributed by atoms with E-state index < -0.39 is 0 Å². The normalized spacial score (nSPS) is 15.7. The molecule has 0 spiro atoms. The third kappa shape index (κ3) is 4.23. The monoisotopic (exact) mass is 442 g/mol. The predicted molar refractivity (Wildman–Crippen MR) is 133 cm³/mol. The summed E-state index contributed by atoms with van der Waals surface area (Å²) in [5.74, 6) is 3.41. The number of aromatic nitrogens is 2. The lowest BCUT2D eigenvalue weighted by Gasteiger charge is -2.30. The lowest BCUT2D eigenvalue weighted by atomic mass is 10.0. The van der Waals surface area contributed by atoms with Gasteiger partial charge in [-0.05, 0) is 80.6 Å². The zero-order chi connectivity index (χ0) is 23.7. The van der Waals surface area contributed by atoms with Crippen molar-refractivity contribution in [2.24, 2.45) is 7.05 Å². The lowest BCUT2D eigenvalue weighted by molar-refractivity contribution is 0.0939. The Kier molecular flexibility index (Phi) is 6.24. The molecular weight excluding hydrogens is 412 g/mol. The molecule has 0 fully saturated rings. The standard InChI is InChI=1S/C27H30N4O2/c1-6-14-31(21-11-8-19(9-12-21)26(32)28-17(3)7-2)25-13-10-20-15-24-23(16-22(20)25)27(33)30(5)18(4)29-24/h1,8-9,11-12,15-17,25H,7,10,13-14H2,2-5H3,(H,28,32)/t17-,25-/m0/s1. The van der Waals surface area contributed by atoms with Crippen molar-refractivity contribution in [1.82, 2.24) is 14.9 Å². The molecular formula is C27H30N4O2. The second-order valence-electron chi connectivity index (χ2n) is 8.81. The minimum absolute atomic E-state index is 0.0360. The van der Waals surface area contributed by atoms with Gasteiger partial charge in [0.1, 0.15) is 5.82 Å². The van der Waals surface area contributed by atoms with Crippen LogP contribution < -0.4 is 15.8 Å². The molecule has 4 rings (SSSR count). The van der Waals surface area contributed by atoms with Crippen LogP contribution in [0.15, 0.2) is 41.2 Å². The summed E-state index contributed by atoms with van der Waals surface area (Å²) in [5, 5.41) is 3.63. The van der Waals surface area contributed by atoms with Crippen molar-refractivity contribution in [3.05, 3.63) is 69.3 Å². The van der Waals surface area contributed by atoms with Crippen LogP contribution in [-0.2, 0) is 13.5 Å². The first-order valence-corrected chi connectivity index (χ1v) is 11.4. The van der Waals surface area contributed by atoms with E-state index in [1.165, 1.54) is 5.56 Å². The number of benzene rings is 2. The SMILES string of the molecule is C#CCN(c1ccc(C(=O)N[C@@H](C)CC)cc1)[C@H]1CCc2cc3nc(C)n(C)c(=O)c3cc21. The van der Waals surface area contributed by atoms with Gasteiger partial charge in [0.15, 0.2) is 0 Å². The number of rotatable bonds is 6. The van der Waals surface area contributed by atoms with Crippen LogP contribution in [0, 0.1) is 19.3 Å². The third-order valence-corrected chi connectivity index (χ3v) is 6.70. The maximum atomic E-state index is 12.9. The van der Waals surface area contributed by atoms with Gasteiger partial charge in [0.05, 0.1) is 23.5 Å². The highest BCUT2D eigenvalue weighted by molar-refractivity contribution is 5.94. The first kappa shape index (κ1) is 22.6. The van der Waals surface area contributed by atoms with Gasteiger partial charge in [-0.1, -0.05) is 12.8 Å². The van der Waals surface area contributed by atoms with Gasteiger partial charge in [0.2, 0.25) is 0 Å². The Balaban J connectivity index is 1.69. The maximum Gasteiger partial charge on any atom is 0.261 e. The molecule has 1 aromatic heterocycles. The quantitative estimate of drug-likeness (QED) is 0.588. The summed E-state index contributed by atoms with van der Waals surface area (Å²) in [6.45, 7) is 6.32. The van der Waals surface area contributed by atoms with E-state index in [4.69, 9.17) is 6.42 Å². The van der Waals surface area contributed by atoms with Gasteiger partial charge in [-0.25, -0.2) is 4.98 Å². The Hall–Kier alpha value is -3.59. The number of fused-ring (bicyclic) bond motifs is 2. The number of aryl methyl sites for hydroxylation is 2. The zero-order valence-electron chi connectivity index (χ0n) is 19.7. The average Bonchev–Trinajstić information content (AvgIpc) is 3.22. The maximum absolute atomic E-state index is 12.9. The van der Waals surface area contributed by atoms with E-state index in [0.717, 1.165) is 36.0 Å². The van der Waals surface area contributed by atoms with E-state index in [0.29, 0.717) is 23.3 Å². The first-order chi connectivity index (χ1) is 15.8. The van der Waals surface area contributed by atoms with E-state index in [2.05, 4.69) is 27.2 Å². The molecule has 170 valence electrons. The molecule has 1 N–H and O–H groups in total. The molecule has 0 aliphatic heterocycles. The minimum atomic E-state index is -0.0734. The molecule has 0 unspecified atom stereocenters. The fourth-order valence-electron chi connectivity index (χ4n) is 4.48. The Morgan fingerprint density at radius 1 is 1.33 bits per heavy atom. The highest BCUT2D eigenvalue weighted by Crippen LogP contribution is 2.39. The number of terminal acetylenes is 1. The summed E-state index contributed by atoms with van der Waals surface area (Å²) >= 11 is 0. The zero-order valence-corrected chi connectivity index (χ0v) is 19.7. The highest BCUT2D eigenvalue weighted by atomic mass is 16.1.